The van der Waals surface area contributed by atoms with Crippen LogP contribution in [0.25, 0.3) is 0 Å². The lowest BCUT2D eigenvalue weighted by atomic mass is 9.87. The zero-order valence-electron chi connectivity index (χ0n) is 10.6. The molecule has 2 unspecified atom stereocenters. The maximum Gasteiger partial charge on any atom is 0.0897 e. The van der Waals surface area contributed by atoms with Crippen molar-refractivity contribution in [3.63, 3.8) is 0 Å². The smallest absolute Gasteiger partial charge is 0.0897 e. The number of hydrogen-bond donors (Lipinski definition) is 1. The Morgan fingerprint density at radius 1 is 1.33 bits per heavy atom. The number of rotatable bonds is 3. The molecule has 0 aliphatic rings. The van der Waals surface area contributed by atoms with Crippen molar-refractivity contribution in [3.05, 3.63) is 16.1 Å². The van der Waals surface area contributed by atoms with Crippen LogP contribution in [0.2, 0.25) is 0 Å². The molecule has 86 valence electrons. The number of nitrogens with one attached hydrogen (secondary N) is 1. The minimum atomic E-state index is 0.300. The summed E-state index contributed by atoms with van der Waals surface area (Å²) in [7, 11) is 0. The van der Waals surface area contributed by atoms with E-state index in [1.165, 1.54) is 4.88 Å². The van der Waals surface area contributed by atoms with E-state index in [1.54, 1.807) is 11.3 Å². The van der Waals surface area contributed by atoms with Gasteiger partial charge in [-0.1, -0.05) is 20.8 Å². The molecule has 0 saturated carbocycles. The van der Waals surface area contributed by atoms with Crippen LogP contribution < -0.4 is 5.32 Å². The number of aryl methyl sites for hydroxylation is 1. The number of thiazole rings is 1. The van der Waals surface area contributed by atoms with Gasteiger partial charge in [0.15, 0.2) is 0 Å². The maximum atomic E-state index is 4.29. The van der Waals surface area contributed by atoms with Gasteiger partial charge in [-0.15, -0.1) is 11.3 Å². The van der Waals surface area contributed by atoms with E-state index in [4.69, 9.17) is 0 Å². The van der Waals surface area contributed by atoms with Crippen LogP contribution in [0.3, 0.4) is 0 Å². The molecule has 1 N–H and O–H groups in total. The van der Waals surface area contributed by atoms with Crippen LogP contribution in [-0.4, -0.2) is 11.0 Å². The summed E-state index contributed by atoms with van der Waals surface area (Å²) < 4.78 is 0. The van der Waals surface area contributed by atoms with Gasteiger partial charge in [-0.3, -0.25) is 0 Å². The highest BCUT2D eigenvalue weighted by Crippen LogP contribution is 2.24. The Hall–Kier alpha value is -0.410. The lowest BCUT2D eigenvalue weighted by molar-refractivity contribution is 0.269. The van der Waals surface area contributed by atoms with Gasteiger partial charge in [-0.05, 0) is 26.2 Å². The quantitative estimate of drug-likeness (QED) is 0.852. The zero-order chi connectivity index (χ0) is 11.6. The lowest BCUT2D eigenvalue weighted by Gasteiger charge is -2.30. The van der Waals surface area contributed by atoms with E-state index >= 15 is 0 Å². The van der Waals surface area contributed by atoms with E-state index in [1.807, 2.05) is 13.1 Å². The molecule has 0 amide bonds. The van der Waals surface area contributed by atoms with Crippen LogP contribution in [-0.2, 0) is 0 Å². The Morgan fingerprint density at radius 3 is 2.33 bits per heavy atom. The third-order valence-electron chi connectivity index (χ3n) is 2.86. The van der Waals surface area contributed by atoms with Gasteiger partial charge in [-0.25, -0.2) is 4.98 Å². The van der Waals surface area contributed by atoms with Gasteiger partial charge >= 0.3 is 0 Å². The van der Waals surface area contributed by atoms with Crippen LogP contribution in [0.1, 0.15) is 50.5 Å². The van der Waals surface area contributed by atoms with Crippen LogP contribution in [0.5, 0.6) is 0 Å². The largest absolute Gasteiger partial charge is 0.306 e. The highest BCUT2D eigenvalue weighted by molar-refractivity contribution is 7.11. The first-order valence-corrected chi connectivity index (χ1v) is 6.30. The van der Waals surface area contributed by atoms with Crippen molar-refractivity contribution in [2.24, 2.45) is 5.41 Å². The molecule has 2 atom stereocenters. The molecular formula is C12H22N2S. The summed E-state index contributed by atoms with van der Waals surface area (Å²) in [5.41, 5.74) is 0.300. The molecule has 0 bridgehead atoms. The molecule has 0 fully saturated rings. The summed E-state index contributed by atoms with van der Waals surface area (Å²) in [5, 5.41) is 4.76. The normalized spacial score (nSPS) is 16.4. The molecule has 1 heterocycles. The van der Waals surface area contributed by atoms with E-state index in [0.29, 0.717) is 17.5 Å². The van der Waals surface area contributed by atoms with Gasteiger partial charge in [-0.2, -0.15) is 0 Å². The summed E-state index contributed by atoms with van der Waals surface area (Å²) in [6.45, 7) is 13.3. The van der Waals surface area contributed by atoms with Crippen molar-refractivity contribution in [1.82, 2.24) is 10.3 Å². The molecule has 0 aliphatic heterocycles. The Balaban J connectivity index is 2.60. The van der Waals surface area contributed by atoms with Gasteiger partial charge in [0, 0.05) is 23.2 Å². The van der Waals surface area contributed by atoms with E-state index in [2.05, 4.69) is 44.9 Å². The van der Waals surface area contributed by atoms with Crippen molar-refractivity contribution >= 4 is 11.3 Å². The maximum absolute atomic E-state index is 4.29. The number of aromatic nitrogens is 1. The highest BCUT2D eigenvalue weighted by Gasteiger charge is 2.22. The second-order valence-electron chi connectivity index (χ2n) is 5.26. The first-order valence-electron chi connectivity index (χ1n) is 5.49. The second-order valence-corrected chi connectivity index (χ2v) is 6.52. The zero-order valence-corrected chi connectivity index (χ0v) is 11.4. The summed E-state index contributed by atoms with van der Waals surface area (Å²) in [6.07, 6.45) is 1.98. The van der Waals surface area contributed by atoms with Crippen molar-refractivity contribution in [2.75, 3.05) is 0 Å². The first kappa shape index (κ1) is 12.7. The van der Waals surface area contributed by atoms with Crippen LogP contribution in [0.15, 0.2) is 6.20 Å². The average Bonchev–Trinajstić information content (AvgIpc) is 2.50. The third-order valence-corrected chi connectivity index (χ3v) is 3.96. The van der Waals surface area contributed by atoms with Gasteiger partial charge < -0.3 is 5.32 Å². The molecule has 0 spiro atoms. The van der Waals surface area contributed by atoms with Crippen molar-refractivity contribution in [3.8, 4) is 0 Å². The number of hydrogen-bond acceptors (Lipinski definition) is 3. The minimum absolute atomic E-state index is 0.300. The van der Waals surface area contributed by atoms with E-state index in [-0.39, 0.29) is 0 Å². The Labute approximate surface area is 97.1 Å². The summed E-state index contributed by atoms with van der Waals surface area (Å²) >= 11 is 1.77. The molecule has 0 aromatic carbocycles. The molecule has 1 aromatic rings. The highest BCUT2D eigenvalue weighted by atomic mass is 32.1. The van der Waals surface area contributed by atoms with Gasteiger partial charge in [0.25, 0.3) is 0 Å². The standard InChI is InChI=1S/C12H22N2S/c1-8(11-7-13-10(3)15-11)14-9(2)12(4,5)6/h7-9,14H,1-6H3. The Morgan fingerprint density at radius 2 is 1.93 bits per heavy atom. The summed E-state index contributed by atoms with van der Waals surface area (Å²) in [5.74, 6) is 0. The molecular weight excluding hydrogens is 204 g/mol. The van der Waals surface area contributed by atoms with Crippen LogP contribution >= 0.6 is 11.3 Å². The average molecular weight is 226 g/mol. The minimum Gasteiger partial charge on any atom is -0.306 e. The molecule has 1 rings (SSSR count). The van der Waals surface area contributed by atoms with E-state index < -0.39 is 0 Å². The predicted octanol–water partition coefficient (Wildman–Crippen LogP) is 3.54. The lowest BCUT2D eigenvalue weighted by Crippen LogP contribution is -2.38. The molecule has 0 radical (unpaired) electrons. The second kappa shape index (κ2) is 4.62. The Kier molecular flexibility index (Phi) is 3.90. The Bertz CT molecular complexity index is 312. The SMILES string of the molecule is Cc1ncc(C(C)NC(C)C(C)(C)C)s1. The first-order chi connectivity index (χ1) is 6.80. The van der Waals surface area contributed by atoms with Gasteiger partial charge in [0.1, 0.15) is 0 Å². The fourth-order valence-electron chi connectivity index (χ4n) is 1.29. The monoisotopic (exact) mass is 226 g/mol. The summed E-state index contributed by atoms with van der Waals surface area (Å²) in [6, 6.07) is 0.889. The topological polar surface area (TPSA) is 24.9 Å². The fraction of sp³-hybridized carbons (Fsp3) is 0.750. The molecule has 15 heavy (non-hydrogen) atoms. The third kappa shape index (κ3) is 3.58. The summed E-state index contributed by atoms with van der Waals surface area (Å²) in [4.78, 5) is 5.61. The number of nitrogens with zero attached hydrogens (tertiary/aromatic N) is 1. The van der Waals surface area contributed by atoms with Crippen molar-refractivity contribution < 1.29 is 0 Å². The van der Waals surface area contributed by atoms with Crippen molar-refractivity contribution in [2.45, 2.75) is 53.6 Å². The van der Waals surface area contributed by atoms with Crippen molar-refractivity contribution in [1.29, 1.82) is 0 Å². The molecule has 0 aliphatic carbocycles. The molecule has 2 nitrogen and oxygen atoms in total. The van der Waals surface area contributed by atoms with E-state index in [0.717, 1.165) is 5.01 Å². The van der Waals surface area contributed by atoms with E-state index in [9.17, 15) is 0 Å². The molecule has 0 saturated heterocycles. The van der Waals surface area contributed by atoms with Gasteiger partial charge in [0.2, 0.25) is 0 Å². The fourth-order valence-corrected chi connectivity index (χ4v) is 2.08. The van der Waals surface area contributed by atoms with Crippen LogP contribution in [0, 0.1) is 12.3 Å². The molecule has 1 aromatic heterocycles. The molecule has 3 heteroatoms. The van der Waals surface area contributed by atoms with Gasteiger partial charge in [0.05, 0.1) is 5.01 Å². The van der Waals surface area contributed by atoms with Crippen LogP contribution in [0.4, 0.5) is 0 Å². The predicted molar refractivity (Wildman–Crippen MR) is 67.3 cm³/mol.